The van der Waals surface area contributed by atoms with E-state index in [0.29, 0.717) is 4.90 Å². The Labute approximate surface area is 114 Å². The normalized spacial score (nSPS) is 13.2. The van der Waals surface area contributed by atoms with Crippen LogP contribution in [0.4, 0.5) is 0 Å². The van der Waals surface area contributed by atoms with Gasteiger partial charge in [-0.05, 0) is 31.5 Å². The maximum atomic E-state index is 12.2. The quantitative estimate of drug-likeness (QED) is 0.932. The summed E-state index contributed by atoms with van der Waals surface area (Å²) in [6.45, 7) is 3.76. The Morgan fingerprint density at radius 3 is 2.11 bits per heavy atom. The SMILES string of the molecule is Cc1ccc(S(=O)(=O)N[C@H](C)c2ccccc2)cc1. The summed E-state index contributed by atoms with van der Waals surface area (Å²) in [4.78, 5) is 0.292. The molecule has 100 valence electrons. The van der Waals surface area contributed by atoms with Gasteiger partial charge in [0, 0.05) is 6.04 Å². The van der Waals surface area contributed by atoms with E-state index in [1.54, 1.807) is 24.3 Å². The number of hydrogen-bond donors (Lipinski definition) is 1. The molecule has 4 heteroatoms. The molecule has 0 unspecified atom stereocenters. The van der Waals surface area contributed by atoms with E-state index < -0.39 is 10.0 Å². The van der Waals surface area contributed by atoms with Crippen LogP contribution in [0, 0.1) is 6.92 Å². The second kappa shape index (κ2) is 5.55. The highest BCUT2D eigenvalue weighted by Gasteiger charge is 2.17. The molecule has 0 radical (unpaired) electrons. The molecule has 0 saturated carbocycles. The Morgan fingerprint density at radius 1 is 0.947 bits per heavy atom. The highest BCUT2D eigenvalue weighted by molar-refractivity contribution is 7.89. The van der Waals surface area contributed by atoms with Crippen LogP contribution in [0.1, 0.15) is 24.1 Å². The monoisotopic (exact) mass is 275 g/mol. The van der Waals surface area contributed by atoms with Gasteiger partial charge in [-0.15, -0.1) is 0 Å². The van der Waals surface area contributed by atoms with Crippen LogP contribution in [0.25, 0.3) is 0 Å². The number of benzene rings is 2. The van der Waals surface area contributed by atoms with Crippen molar-refractivity contribution in [3.63, 3.8) is 0 Å². The summed E-state index contributed by atoms with van der Waals surface area (Å²) in [5, 5.41) is 0. The second-order valence-electron chi connectivity index (χ2n) is 4.57. The van der Waals surface area contributed by atoms with Gasteiger partial charge in [-0.2, -0.15) is 0 Å². The number of sulfonamides is 1. The first-order chi connectivity index (χ1) is 8.99. The van der Waals surface area contributed by atoms with Crippen LogP contribution < -0.4 is 4.72 Å². The molecule has 0 bridgehead atoms. The Hall–Kier alpha value is -1.65. The van der Waals surface area contributed by atoms with Crippen molar-refractivity contribution in [3.05, 3.63) is 65.7 Å². The average molecular weight is 275 g/mol. The Balaban J connectivity index is 2.20. The zero-order valence-electron chi connectivity index (χ0n) is 11.0. The van der Waals surface area contributed by atoms with Crippen LogP contribution in [0.2, 0.25) is 0 Å². The number of hydrogen-bond acceptors (Lipinski definition) is 2. The van der Waals surface area contributed by atoms with E-state index in [2.05, 4.69) is 4.72 Å². The van der Waals surface area contributed by atoms with E-state index in [1.807, 2.05) is 44.2 Å². The lowest BCUT2D eigenvalue weighted by molar-refractivity contribution is 0.567. The molecule has 0 spiro atoms. The van der Waals surface area contributed by atoms with Gasteiger partial charge < -0.3 is 0 Å². The van der Waals surface area contributed by atoms with Crippen molar-refractivity contribution in [3.8, 4) is 0 Å². The standard InChI is InChI=1S/C15H17NO2S/c1-12-8-10-15(11-9-12)19(17,18)16-13(2)14-6-4-3-5-7-14/h3-11,13,16H,1-2H3/t13-/m1/s1. The van der Waals surface area contributed by atoms with Crippen molar-refractivity contribution in [2.45, 2.75) is 24.8 Å². The summed E-state index contributed by atoms with van der Waals surface area (Å²) in [7, 11) is -3.47. The molecule has 0 aliphatic heterocycles. The highest BCUT2D eigenvalue weighted by Crippen LogP contribution is 2.16. The summed E-state index contributed by atoms with van der Waals surface area (Å²) < 4.78 is 27.1. The number of nitrogens with one attached hydrogen (secondary N) is 1. The summed E-state index contributed by atoms with van der Waals surface area (Å²) in [6, 6.07) is 16.1. The molecular formula is C15H17NO2S. The van der Waals surface area contributed by atoms with Crippen LogP contribution in [-0.2, 0) is 10.0 Å². The van der Waals surface area contributed by atoms with Crippen LogP contribution >= 0.6 is 0 Å². The third-order valence-electron chi connectivity index (χ3n) is 2.96. The van der Waals surface area contributed by atoms with Crippen LogP contribution in [0.15, 0.2) is 59.5 Å². The molecule has 0 fully saturated rings. The van der Waals surface area contributed by atoms with Gasteiger partial charge in [0.25, 0.3) is 0 Å². The first-order valence-corrected chi connectivity index (χ1v) is 7.61. The van der Waals surface area contributed by atoms with Crippen LogP contribution in [0.5, 0.6) is 0 Å². The van der Waals surface area contributed by atoms with Gasteiger partial charge in [0.2, 0.25) is 10.0 Å². The average Bonchev–Trinajstić information content (AvgIpc) is 2.40. The van der Waals surface area contributed by atoms with Crippen molar-refractivity contribution in [1.29, 1.82) is 0 Å². The van der Waals surface area contributed by atoms with Gasteiger partial charge in [0.05, 0.1) is 4.90 Å². The molecule has 0 aliphatic carbocycles. The summed E-state index contributed by atoms with van der Waals surface area (Å²) in [6.07, 6.45) is 0. The fourth-order valence-electron chi connectivity index (χ4n) is 1.83. The highest BCUT2D eigenvalue weighted by atomic mass is 32.2. The zero-order valence-corrected chi connectivity index (χ0v) is 11.8. The van der Waals surface area contributed by atoms with Crippen molar-refractivity contribution in [1.82, 2.24) is 4.72 Å². The first-order valence-electron chi connectivity index (χ1n) is 6.13. The summed E-state index contributed by atoms with van der Waals surface area (Å²) in [5.41, 5.74) is 1.98. The van der Waals surface area contributed by atoms with Crippen molar-refractivity contribution in [2.24, 2.45) is 0 Å². The van der Waals surface area contributed by atoms with Crippen molar-refractivity contribution >= 4 is 10.0 Å². The lowest BCUT2D eigenvalue weighted by Gasteiger charge is -2.14. The Kier molecular flexibility index (Phi) is 4.02. The van der Waals surface area contributed by atoms with E-state index in [9.17, 15) is 8.42 Å². The van der Waals surface area contributed by atoms with Gasteiger partial charge in [-0.3, -0.25) is 0 Å². The van der Waals surface area contributed by atoms with E-state index >= 15 is 0 Å². The largest absolute Gasteiger partial charge is 0.241 e. The molecule has 1 N–H and O–H groups in total. The molecule has 0 amide bonds. The fraction of sp³-hybridized carbons (Fsp3) is 0.200. The predicted molar refractivity (Wildman–Crippen MR) is 76.4 cm³/mol. The molecule has 1 atom stereocenters. The molecule has 0 saturated heterocycles. The molecule has 0 aromatic heterocycles. The maximum absolute atomic E-state index is 12.2. The van der Waals surface area contributed by atoms with E-state index in [1.165, 1.54) is 0 Å². The predicted octanol–water partition coefficient (Wildman–Crippen LogP) is 3.03. The lowest BCUT2D eigenvalue weighted by atomic mass is 10.1. The van der Waals surface area contributed by atoms with E-state index in [-0.39, 0.29) is 6.04 Å². The minimum Gasteiger partial charge on any atom is -0.207 e. The number of rotatable bonds is 4. The zero-order chi connectivity index (χ0) is 13.9. The van der Waals surface area contributed by atoms with E-state index in [0.717, 1.165) is 11.1 Å². The smallest absolute Gasteiger partial charge is 0.207 e. The second-order valence-corrected chi connectivity index (χ2v) is 6.28. The molecule has 19 heavy (non-hydrogen) atoms. The summed E-state index contributed by atoms with van der Waals surface area (Å²) >= 11 is 0. The van der Waals surface area contributed by atoms with Gasteiger partial charge in [-0.1, -0.05) is 48.0 Å². The topological polar surface area (TPSA) is 46.2 Å². The molecular weight excluding hydrogens is 258 g/mol. The third-order valence-corrected chi connectivity index (χ3v) is 4.52. The minimum absolute atomic E-state index is 0.257. The molecule has 2 rings (SSSR count). The van der Waals surface area contributed by atoms with Crippen LogP contribution in [-0.4, -0.2) is 8.42 Å². The number of aryl methyl sites for hydroxylation is 1. The lowest BCUT2D eigenvalue weighted by Crippen LogP contribution is -2.26. The van der Waals surface area contributed by atoms with Crippen molar-refractivity contribution in [2.75, 3.05) is 0 Å². The molecule has 2 aromatic carbocycles. The summed E-state index contributed by atoms with van der Waals surface area (Å²) in [5.74, 6) is 0. The van der Waals surface area contributed by atoms with Gasteiger partial charge >= 0.3 is 0 Å². The fourth-order valence-corrected chi connectivity index (χ4v) is 3.06. The Bertz CT molecular complexity index is 634. The minimum atomic E-state index is -3.47. The molecule has 0 heterocycles. The molecule has 0 aliphatic rings. The maximum Gasteiger partial charge on any atom is 0.241 e. The van der Waals surface area contributed by atoms with E-state index in [4.69, 9.17) is 0 Å². The molecule has 3 nitrogen and oxygen atoms in total. The first kappa shape index (κ1) is 13.8. The Morgan fingerprint density at radius 2 is 1.53 bits per heavy atom. The van der Waals surface area contributed by atoms with Crippen LogP contribution in [0.3, 0.4) is 0 Å². The van der Waals surface area contributed by atoms with Gasteiger partial charge in [-0.25, -0.2) is 13.1 Å². The molecule has 2 aromatic rings. The third kappa shape index (κ3) is 3.43. The van der Waals surface area contributed by atoms with Gasteiger partial charge in [0.15, 0.2) is 0 Å². The van der Waals surface area contributed by atoms with Crippen molar-refractivity contribution < 1.29 is 8.42 Å². The van der Waals surface area contributed by atoms with Gasteiger partial charge in [0.1, 0.15) is 0 Å².